The summed E-state index contributed by atoms with van der Waals surface area (Å²) in [5, 5.41) is 0.733. The summed E-state index contributed by atoms with van der Waals surface area (Å²) in [4.78, 5) is 4.41. The second-order valence-corrected chi connectivity index (χ2v) is 5.09. The Kier molecular flexibility index (Phi) is 4.04. The highest BCUT2D eigenvalue weighted by Gasteiger charge is 2.17. The fourth-order valence-electron chi connectivity index (χ4n) is 2.16. The minimum Gasteiger partial charge on any atom is -0.328 e. The maximum absolute atomic E-state index is 6.04. The first-order valence-electron chi connectivity index (χ1n) is 6.11. The highest BCUT2D eigenvalue weighted by molar-refractivity contribution is 6.30. The summed E-state index contributed by atoms with van der Waals surface area (Å²) in [6.45, 7) is 4.78. The van der Waals surface area contributed by atoms with Crippen LogP contribution in [0.5, 0.6) is 0 Å². The van der Waals surface area contributed by atoms with Crippen molar-refractivity contribution in [1.29, 1.82) is 0 Å². The van der Waals surface area contributed by atoms with Gasteiger partial charge in [0, 0.05) is 29.9 Å². The Bertz CT molecular complexity index is 519. The molecule has 3 nitrogen and oxygen atoms in total. The smallest absolute Gasteiger partial charge is 0.111 e. The van der Waals surface area contributed by atoms with Gasteiger partial charge in [0.15, 0.2) is 0 Å². The third-order valence-electron chi connectivity index (χ3n) is 3.01. The molecule has 1 atom stereocenters. The van der Waals surface area contributed by atoms with Gasteiger partial charge in [-0.2, -0.15) is 0 Å². The Labute approximate surface area is 113 Å². The molecule has 1 aromatic heterocycles. The van der Waals surface area contributed by atoms with Gasteiger partial charge in [0.1, 0.15) is 5.82 Å². The van der Waals surface area contributed by atoms with E-state index in [2.05, 4.69) is 23.4 Å². The normalized spacial score (nSPS) is 12.9. The van der Waals surface area contributed by atoms with Gasteiger partial charge in [-0.3, -0.25) is 0 Å². The molecule has 0 fully saturated rings. The van der Waals surface area contributed by atoms with Gasteiger partial charge >= 0.3 is 0 Å². The van der Waals surface area contributed by atoms with Gasteiger partial charge in [-0.15, -0.1) is 0 Å². The Balaban J connectivity index is 2.42. The molecule has 1 heterocycles. The topological polar surface area (TPSA) is 43.8 Å². The third-order valence-corrected chi connectivity index (χ3v) is 3.24. The van der Waals surface area contributed by atoms with Crippen LogP contribution in [-0.2, 0) is 0 Å². The van der Waals surface area contributed by atoms with Crippen LogP contribution in [0.15, 0.2) is 36.7 Å². The van der Waals surface area contributed by atoms with Crippen LogP contribution in [0, 0.1) is 0 Å². The van der Waals surface area contributed by atoms with Crippen molar-refractivity contribution in [2.24, 2.45) is 5.73 Å². The van der Waals surface area contributed by atoms with E-state index in [1.54, 1.807) is 0 Å². The number of aromatic nitrogens is 2. The van der Waals surface area contributed by atoms with E-state index < -0.39 is 0 Å². The number of halogens is 1. The lowest BCUT2D eigenvalue weighted by atomic mass is 10.1. The standard InChI is InChI=1S/C14H18ClN3/c1-10(2)14-17-6-7-18(14)13(9-16)11-4-3-5-12(15)8-11/h3-8,10,13H,9,16H2,1-2H3. The van der Waals surface area contributed by atoms with Crippen molar-refractivity contribution in [2.75, 3.05) is 6.54 Å². The molecule has 18 heavy (non-hydrogen) atoms. The van der Waals surface area contributed by atoms with Gasteiger partial charge in [-0.05, 0) is 17.7 Å². The van der Waals surface area contributed by atoms with Gasteiger partial charge in [0.25, 0.3) is 0 Å². The Morgan fingerprint density at radius 2 is 2.17 bits per heavy atom. The molecular weight excluding hydrogens is 246 g/mol. The van der Waals surface area contributed by atoms with Crippen LogP contribution in [0.4, 0.5) is 0 Å². The van der Waals surface area contributed by atoms with Gasteiger partial charge in [-0.25, -0.2) is 4.98 Å². The molecule has 4 heteroatoms. The fourth-order valence-corrected chi connectivity index (χ4v) is 2.36. The number of hydrogen-bond donors (Lipinski definition) is 1. The van der Waals surface area contributed by atoms with Crippen molar-refractivity contribution in [3.05, 3.63) is 53.1 Å². The molecule has 96 valence electrons. The zero-order valence-corrected chi connectivity index (χ0v) is 11.4. The first kappa shape index (κ1) is 13.1. The minimum atomic E-state index is 0.0867. The van der Waals surface area contributed by atoms with Gasteiger partial charge in [-0.1, -0.05) is 37.6 Å². The molecule has 2 N–H and O–H groups in total. The number of hydrogen-bond acceptors (Lipinski definition) is 2. The molecule has 0 bridgehead atoms. The predicted molar refractivity (Wildman–Crippen MR) is 75.0 cm³/mol. The van der Waals surface area contributed by atoms with Crippen molar-refractivity contribution in [2.45, 2.75) is 25.8 Å². The summed E-state index contributed by atoms with van der Waals surface area (Å²) in [7, 11) is 0. The van der Waals surface area contributed by atoms with Crippen LogP contribution in [-0.4, -0.2) is 16.1 Å². The molecule has 1 unspecified atom stereocenters. The molecule has 0 saturated carbocycles. The number of nitrogens with zero attached hydrogens (tertiary/aromatic N) is 2. The summed E-state index contributed by atoms with van der Waals surface area (Å²) in [6.07, 6.45) is 3.80. The van der Waals surface area contributed by atoms with Gasteiger partial charge in [0.05, 0.1) is 6.04 Å². The van der Waals surface area contributed by atoms with Crippen LogP contribution in [0.25, 0.3) is 0 Å². The van der Waals surface area contributed by atoms with E-state index in [1.807, 2.05) is 36.7 Å². The second-order valence-electron chi connectivity index (χ2n) is 4.65. The fraction of sp³-hybridized carbons (Fsp3) is 0.357. The molecule has 0 spiro atoms. The zero-order valence-electron chi connectivity index (χ0n) is 10.7. The Hall–Kier alpha value is -1.32. The van der Waals surface area contributed by atoms with Crippen LogP contribution in [0.3, 0.4) is 0 Å². The number of benzene rings is 1. The molecule has 0 amide bonds. The number of nitrogens with two attached hydrogens (primary N) is 1. The minimum absolute atomic E-state index is 0.0867. The Morgan fingerprint density at radius 3 is 2.78 bits per heavy atom. The molecule has 2 rings (SSSR count). The molecule has 0 radical (unpaired) electrons. The summed E-state index contributed by atoms with van der Waals surface area (Å²) >= 11 is 6.04. The highest BCUT2D eigenvalue weighted by atomic mass is 35.5. The first-order valence-corrected chi connectivity index (χ1v) is 6.49. The average molecular weight is 264 g/mol. The van der Waals surface area contributed by atoms with E-state index in [0.717, 1.165) is 16.4 Å². The first-order chi connectivity index (χ1) is 8.63. The van der Waals surface area contributed by atoms with Crippen LogP contribution < -0.4 is 5.73 Å². The van der Waals surface area contributed by atoms with Gasteiger partial charge < -0.3 is 10.3 Å². The SMILES string of the molecule is CC(C)c1nccn1C(CN)c1cccc(Cl)c1. The molecular formula is C14H18ClN3. The summed E-state index contributed by atoms with van der Waals surface area (Å²) < 4.78 is 2.14. The number of imidazole rings is 1. The number of rotatable bonds is 4. The lowest BCUT2D eigenvalue weighted by Gasteiger charge is -2.21. The highest BCUT2D eigenvalue weighted by Crippen LogP contribution is 2.24. The summed E-state index contributed by atoms with van der Waals surface area (Å²) in [5.41, 5.74) is 7.04. The van der Waals surface area contributed by atoms with Crippen LogP contribution in [0.2, 0.25) is 5.02 Å². The zero-order chi connectivity index (χ0) is 13.1. The Morgan fingerprint density at radius 1 is 1.39 bits per heavy atom. The average Bonchev–Trinajstić information content (AvgIpc) is 2.79. The van der Waals surface area contributed by atoms with Crippen molar-refractivity contribution < 1.29 is 0 Å². The van der Waals surface area contributed by atoms with E-state index in [4.69, 9.17) is 17.3 Å². The molecule has 2 aromatic rings. The van der Waals surface area contributed by atoms with Crippen molar-refractivity contribution in [3.63, 3.8) is 0 Å². The van der Waals surface area contributed by atoms with Crippen molar-refractivity contribution in [1.82, 2.24) is 9.55 Å². The van der Waals surface area contributed by atoms with Crippen molar-refractivity contribution >= 4 is 11.6 Å². The molecule has 0 aliphatic carbocycles. The lowest BCUT2D eigenvalue weighted by molar-refractivity contribution is 0.548. The molecule has 0 saturated heterocycles. The van der Waals surface area contributed by atoms with E-state index in [1.165, 1.54) is 0 Å². The maximum atomic E-state index is 6.04. The molecule has 0 aliphatic rings. The van der Waals surface area contributed by atoms with E-state index in [0.29, 0.717) is 12.5 Å². The summed E-state index contributed by atoms with van der Waals surface area (Å²) in [6, 6.07) is 7.92. The lowest BCUT2D eigenvalue weighted by Crippen LogP contribution is -2.22. The van der Waals surface area contributed by atoms with E-state index >= 15 is 0 Å². The third kappa shape index (κ3) is 2.57. The maximum Gasteiger partial charge on any atom is 0.111 e. The van der Waals surface area contributed by atoms with Crippen LogP contribution >= 0.6 is 11.6 Å². The second kappa shape index (κ2) is 5.55. The summed E-state index contributed by atoms with van der Waals surface area (Å²) in [5.74, 6) is 1.42. The predicted octanol–water partition coefficient (Wildman–Crippen LogP) is 3.21. The van der Waals surface area contributed by atoms with E-state index in [9.17, 15) is 0 Å². The molecule has 1 aromatic carbocycles. The van der Waals surface area contributed by atoms with E-state index in [-0.39, 0.29) is 6.04 Å². The quantitative estimate of drug-likeness (QED) is 0.921. The largest absolute Gasteiger partial charge is 0.328 e. The monoisotopic (exact) mass is 263 g/mol. The van der Waals surface area contributed by atoms with Crippen molar-refractivity contribution in [3.8, 4) is 0 Å². The van der Waals surface area contributed by atoms with Crippen LogP contribution in [0.1, 0.15) is 37.2 Å². The molecule has 0 aliphatic heterocycles. The van der Waals surface area contributed by atoms with Gasteiger partial charge in [0.2, 0.25) is 0 Å².